The zero-order valence-electron chi connectivity index (χ0n) is 16.3. The van der Waals surface area contributed by atoms with Crippen LogP contribution in [-0.4, -0.2) is 37.5 Å². The van der Waals surface area contributed by atoms with E-state index in [2.05, 4.69) is 5.48 Å². The molecule has 3 atom stereocenters. The van der Waals surface area contributed by atoms with Crippen LogP contribution in [-0.2, 0) is 30.4 Å². The van der Waals surface area contributed by atoms with Gasteiger partial charge in [-0.1, -0.05) is 48.5 Å². The maximum atomic E-state index is 12.2. The zero-order valence-corrected chi connectivity index (χ0v) is 16.3. The highest BCUT2D eigenvalue weighted by molar-refractivity contribution is 5.89. The van der Waals surface area contributed by atoms with E-state index in [9.17, 15) is 9.59 Å². The van der Waals surface area contributed by atoms with Crippen molar-refractivity contribution in [3.8, 4) is 0 Å². The van der Waals surface area contributed by atoms with Crippen LogP contribution in [0.2, 0.25) is 0 Å². The van der Waals surface area contributed by atoms with Crippen LogP contribution in [0.5, 0.6) is 0 Å². The van der Waals surface area contributed by atoms with Gasteiger partial charge in [0.05, 0.1) is 12.2 Å². The van der Waals surface area contributed by atoms with Crippen molar-refractivity contribution < 1.29 is 28.6 Å². The van der Waals surface area contributed by atoms with Crippen molar-refractivity contribution >= 4 is 11.9 Å². The van der Waals surface area contributed by atoms with Crippen LogP contribution in [0.1, 0.15) is 29.3 Å². The van der Waals surface area contributed by atoms with E-state index in [4.69, 9.17) is 19.0 Å². The lowest BCUT2D eigenvalue weighted by molar-refractivity contribution is -0.152. The molecule has 0 aromatic heterocycles. The van der Waals surface area contributed by atoms with E-state index in [0.29, 0.717) is 25.2 Å². The van der Waals surface area contributed by atoms with E-state index in [1.165, 1.54) is 6.92 Å². The second-order valence-electron chi connectivity index (χ2n) is 6.76. The maximum absolute atomic E-state index is 12.2. The molecule has 154 valence electrons. The summed E-state index contributed by atoms with van der Waals surface area (Å²) in [5, 5.41) is 0. The second kappa shape index (κ2) is 10.7. The topological polar surface area (TPSA) is 83.1 Å². The van der Waals surface area contributed by atoms with E-state index in [0.717, 1.165) is 5.56 Å². The number of carbonyl (C=O) groups excluding carboxylic acids is 2. The van der Waals surface area contributed by atoms with Crippen LogP contribution in [0.15, 0.2) is 60.7 Å². The van der Waals surface area contributed by atoms with Crippen LogP contribution in [0, 0.1) is 5.92 Å². The van der Waals surface area contributed by atoms with Crippen molar-refractivity contribution in [3.05, 3.63) is 71.8 Å². The van der Waals surface area contributed by atoms with E-state index >= 15 is 0 Å². The number of hydrogen-bond acceptors (Lipinski definition) is 7. The van der Waals surface area contributed by atoms with Gasteiger partial charge in [0.2, 0.25) is 0 Å². The molecule has 0 aliphatic carbocycles. The van der Waals surface area contributed by atoms with Crippen molar-refractivity contribution in [2.45, 2.75) is 32.3 Å². The summed E-state index contributed by atoms with van der Waals surface area (Å²) in [6.07, 6.45) is -0.494. The molecule has 1 fully saturated rings. The minimum atomic E-state index is -0.617. The van der Waals surface area contributed by atoms with E-state index < -0.39 is 24.3 Å². The summed E-state index contributed by atoms with van der Waals surface area (Å²) in [7, 11) is 0. The molecule has 1 saturated heterocycles. The van der Waals surface area contributed by atoms with Crippen molar-refractivity contribution in [1.29, 1.82) is 0 Å². The van der Waals surface area contributed by atoms with Gasteiger partial charge in [-0.15, -0.1) is 0 Å². The first-order chi connectivity index (χ1) is 14.1. The van der Waals surface area contributed by atoms with Gasteiger partial charge in [-0.2, -0.15) is 5.48 Å². The molecule has 1 N–H and O–H groups in total. The quantitative estimate of drug-likeness (QED) is 0.513. The van der Waals surface area contributed by atoms with E-state index in [-0.39, 0.29) is 12.5 Å². The second-order valence-corrected chi connectivity index (χ2v) is 6.76. The lowest BCUT2D eigenvalue weighted by Crippen LogP contribution is -2.34. The lowest BCUT2D eigenvalue weighted by atomic mass is 9.98. The van der Waals surface area contributed by atoms with E-state index in [1.807, 2.05) is 36.4 Å². The van der Waals surface area contributed by atoms with Crippen molar-refractivity contribution in [2.24, 2.45) is 5.92 Å². The normalized spacial score (nSPS) is 20.9. The largest absolute Gasteiger partial charge is 0.459 e. The molecule has 2 aromatic carbocycles. The standard InChI is InChI=1S/C22H25NO6/c1-16(24)28-21-19(12-13-26-14-17-8-4-2-5-9-17)20(29-23-21)15-27-22(25)18-10-6-3-7-11-18/h2-11,19-21,23H,12-15H2,1H3/t19?,20-,21?/m1/s1. The number of rotatable bonds is 9. The van der Waals surface area contributed by atoms with Gasteiger partial charge >= 0.3 is 11.9 Å². The highest BCUT2D eigenvalue weighted by Crippen LogP contribution is 2.25. The third kappa shape index (κ3) is 6.39. The number of nitrogens with one attached hydrogen (secondary N) is 1. The van der Waals surface area contributed by atoms with Gasteiger partial charge in [0.25, 0.3) is 0 Å². The third-order valence-corrected chi connectivity index (χ3v) is 4.59. The first-order valence-electron chi connectivity index (χ1n) is 9.55. The summed E-state index contributed by atoms with van der Waals surface area (Å²) in [4.78, 5) is 29.1. The molecule has 2 unspecified atom stereocenters. The first-order valence-corrected chi connectivity index (χ1v) is 9.55. The fourth-order valence-electron chi connectivity index (χ4n) is 3.11. The zero-order chi connectivity index (χ0) is 20.5. The third-order valence-electron chi connectivity index (χ3n) is 4.59. The highest BCUT2D eigenvalue weighted by atomic mass is 16.7. The molecular formula is C22H25NO6. The van der Waals surface area contributed by atoms with Gasteiger partial charge in [0.1, 0.15) is 12.7 Å². The van der Waals surface area contributed by atoms with Crippen LogP contribution in [0.3, 0.4) is 0 Å². The average Bonchev–Trinajstić information content (AvgIpc) is 3.11. The average molecular weight is 399 g/mol. The number of carbonyl (C=O) groups is 2. The van der Waals surface area contributed by atoms with Crippen LogP contribution in [0.25, 0.3) is 0 Å². The smallest absolute Gasteiger partial charge is 0.338 e. The van der Waals surface area contributed by atoms with Gasteiger partial charge < -0.3 is 14.2 Å². The minimum Gasteiger partial charge on any atom is -0.459 e. The first kappa shape index (κ1) is 21.0. The molecule has 1 aliphatic heterocycles. The van der Waals surface area contributed by atoms with Crippen molar-refractivity contribution in [1.82, 2.24) is 5.48 Å². The SMILES string of the molecule is CC(=O)OC1NO[C@H](COC(=O)c2ccccc2)C1CCOCc1ccccc1. The predicted octanol–water partition coefficient (Wildman–Crippen LogP) is 2.86. The molecule has 7 nitrogen and oxygen atoms in total. The molecule has 7 heteroatoms. The Morgan fingerprint density at radius 3 is 2.41 bits per heavy atom. The Bertz CT molecular complexity index is 782. The highest BCUT2D eigenvalue weighted by Gasteiger charge is 2.40. The molecule has 0 bridgehead atoms. The predicted molar refractivity (Wildman–Crippen MR) is 104 cm³/mol. The summed E-state index contributed by atoms with van der Waals surface area (Å²) in [5.41, 5.74) is 4.27. The molecule has 2 aromatic rings. The number of benzene rings is 2. The monoisotopic (exact) mass is 399 g/mol. The number of esters is 2. The van der Waals surface area contributed by atoms with Gasteiger partial charge in [-0.3, -0.25) is 9.63 Å². The lowest BCUT2D eigenvalue weighted by Gasteiger charge is -2.21. The summed E-state index contributed by atoms with van der Waals surface area (Å²) < 4.78 is 16.4. The number of hydroxylamine groups is 1. The summed E-state index contributed by atoms with van der Waals surface area (Å²) in [5.74, 6) is -1.05. The maximum Gasteiger partial charge on any atom is 0.338 e. The Hall–Kier alpha value is -2.74. The Morgan fingerprint density at radius 1 is 1.03 bits per heavy atom. The summed E-state index contributed by atoms with van der Waals surface area (Å²) in [6, 6.07) is 18.6. The Morgan fingerprint density at radius 2 is 1.72 bits per heavy atom. The van der Waals surface area contributed by atoms with Crippen molar-refractivity contribution in [2.75, 3.05) is 13.2 Å². The molecular weight excluding hydrogens is 374 g/mol. The molecule has 0 amide bonds. The van der Waals surface area contributed by atoms with Gasteiger partial charge in [-0.05, 0) is 24.1 Å². The minimum absolute atomic E-state index is 0.0435. The molecule has 0 spiro atoms. The Labute approximate surface area is 169 Å². The molecule has 1 aliphatic rings. The fourth-order valence-corrected chi connectivity index (χ4v) is 3.11. The number of ether oxygens (including phenoxy) is 3. The Kier molecular flexibility index (Phi) is 7.75. The van der Waals surface area contributed by atoms with Crippen LogP contribution >= 0.6 is 0 Å². The van der Waals surface area contributed by atoms with Gasteiger partial charge in [0, 0.05) is 19.4 Å². The fraction of sp³-hybridized carbons (Fsp3) is 0.364. The molecule has 0 saturated carbocycles. The summed E-state index contributed by atoms with van der Waals surface area (Å²) in [6.45, 7) is 2.33. The van der Waals surface area contributed by atoms with Crippen LogP contribution in [0.4, 0.5) is 0 Å². The number of hydrogen-bond donors (Lipinski definition) is 1. The van der Waals surface area contributed by atoms with E-state index in [1.54, 1.807) is 24.3 Å². The van der Waals surface area contributed by atoms with Gasteiger partial charge in [0.15, 0.2) is 6.23 Å². The van der Waals surface area contributed by atoms with Crippen LogP contribution < -0.4 is 5.48 Å². The summed E-state index contributed by atoms with van der Waals surface area (Å²) >= 11 is 0. The molecule has 1 heterocycles. The van der Waals surface area contributed by atoms with Gasteiger partial charge in [-0.25, -0.2) is 4.79 Å². The molecule has 0 radical (unpaired) electrons. The molecule has 3 rings (SSSR count). The van der Waals surface area contributed by atoms with Crippen molar-refractivity contribution in [3.63, 3.8) is 0 Å². The molecule has 29 heavy (non-hydrogen) atoms. The Balaban J connectivity index is 1.52.